The minimum atomic E-state index is -3.57. The quantitative estimate of drug-likeness (QED) is 0.896. The van der Waals surface area contributed by atoms with Gasteiger partial charge in [0.1, 0.15) is 0 Å². The van der Waals surface area contributed by atoms with Crippen molar-refractivity contribution in [3.8, 4) is 0 Å². The lowest BCUT2D eigenvalue weighted by Crippen LogP contribution is -2.13. The standard InChI is InChI=1S/C15H17BrN2O2S/c1-11-10-14(8-9-15(11)16)21(19,20)17-12-4-6-13(7-5-12)18(2)3/h4-10,17H,1-3H3. The highest BCUT2D eigenvalue weighted by molar-refractivity contribution is 9.10. The second-order valence-corrected chi connectivity index (χ2v) is 7.49. The minimum Gasteiger partial charge on any atom is -0.378 e. The summed E-state index contributed by atoms with van der Waals surface area (Å²) < 4.78 is 28.2. The number of benzene rings is 2. The summed E-state index contributed by atoms with van der Waals surface area (Å²) in [5, 5.41) is 0. The third-order valence-electron chi connectivity index (χ3n) is 3.08. The van der Waals surface area contributed by atoms with E-state index in [1.54, 1.807) is 30.3 Å². The highest BCUT2D eigenvalue weighted by Gasteiger charge is 2.15. The molecule has 0 saturated carbocycles. The first-order valence-corrected chi connectivity index (χ1v) is 8.63. The van der Waals surface area contributed by atoms with E-state index >= 15 is 0 Å². The molecule has 0 aliphatic carbocycles. The zero-order valence-corrected chi connectivity index (χ0v) is 14.5. The SMILES string of the molecule is Cc1cc(S(=O)(=O)Nc2ccc(N(C)C)cc2)ccc1Br. The molecule has 0 aliphatic heterocycles. The van der Waals surface area contributed by atoms with Crippen LogP contribution in [0.3, 0.4) is 0 Å². The van der Waals surface area contributed by atoms with Gasteiger partial charge in [0.15, 0.2) is 0 Å². The largest absolute Gasteiger partial charge is 0.378 e. The van der Waals surface area contributed by atoms with Gasteiger partial charge in [0.05, 0.1) is 4.90 Å². The summed E-state index contributed by atoms with van der Waals surface area (Å²) in [6.07, 6.45) is 0. The van der Waals surface area contributed by atoms with E-state index in [0.29, 0.717) is 5.69 Å². The predicted molar refractivity (Wildman–Crippen MR) is 90.5 cm³/mol. The van der Waals surface area contributed by atoms with Gasteiger partial charge in [-0.2, -0.15) is 0 Å². The van der Waals surface area contributed by atoms with E-state index in [4.69, 9.17) is 0 Å². The molecule has 6 heteroatoms. The number of hydrogen-bond donors (Lipinski definition) is 1. The number of hydrogen-bond acceptors (Lipinski definition) is 3. The zero-order valence-electron chi connectivity index (χ0n) is 12.1. The Bertz CT molecular complexity index is 741. The normalized spacial score (nSPS) is 11.2. The number of anilines is 2. The molecule has 0 atom stereocenters. The minimum absolute atomic E-state index is 0.250. The second kappa shape index (κ2) is 6.07. The van der Waals surface area contributed by atoms with E-state index in [2.05, 4.69) is 20.7 Å². The topological polar surface area (TPSA) is 49.4 Å². The third kappa shape index (κ3) is 3.77. The maximum Gasteiger partial charge on any atom is 0.261 e. The lowest BCUT2D eigenvalue weighted by molar-refractivity contribution is 0.601. The molecule has 0 heterocycles. The number of nitrogens with one attached hydrogen (secondary N) is 1. The molecule has 2 rings (SSSR count). The van der Waals surface area contributed by atoms with Crippen LogP contribution in [-0.4, -0.2) is 22.5 Å². The molecule has 112 valence electrons. The van der Waals surface area contributed by atoms with Crippen LogP contribution in [0.15, 0.2) is 51.8 Å². The summed E-state index contributed by atoms with van der Waals surface area (Å²) >= 11 is 3.36. The van der Waals surface area contributed by atoms with Crippen LogP contribution in [0.4, 0.5) is 11.4 Å². The van der Waals surface area contributed by atoms with E-state index in [9.17, 15) is 8.42 Å². The van der Waals surface area contributed by atoms with E-state index in [0.717, 1.165) is 15.7 Å². The molecule has 0 aliphatic rings. The van der Waals surface area contributed by atoms with Gasteiger partial charge in [0.2, 0.25) is 0 Å². The number of aryl methyl sites for hydroxylation is 1. The van der Waals surface area contributed by atoms with Crippen molar-refractivity contribution in [3.63, 3.8) is 0 Å². The first kappa shape index (κ1) is 15.9. The average molecular weight is 369 g/mol. The lowest BCUT2D eigenvalue weighted by Gasteiger charge is -2.14. The van der Waals surface area contributed by atoms with Crippen LogP contribution in [0.25, 0.3) is 0 Å². The van der Waals surface area contributed by atoms with Crippen LogP contribution >= 0.6 is 15.9 Å². The molecule has 0 spiro atoms. The Morgan fingerprint density at radius 1 is 1.05 bits per heavy atom. The molecule has 0 fully saturated rings. The van der Waals surface area contributed by atoms with Crippen molar-refractivity contribution >= 4 is 37.3 Å². The van der Waals surface area contributed by atoms with Gasteiger partial charge in [-0.05, 0) is 55.0 Å². The first-order chi connectivity index (χ1) is 9.79. The fourth-order valence-corrected chi connectivity index (χ4v) is 3.22. The highest BCUT2D eigenvalue weighted by atomic mass is 79.9. The maximum absolute atomic E-state index is 12.3. The van der Waals surface area contributed by atoms with Crippen LogP contribution in [0, 0.1) is 6.92 Å². The van der Waals surface area contributed by atoms with Crippen molar-refractivity contribution in [2.75, 3.05) is 23.7 Å². The molecule has 0 bridgehead atoms. The van der Waals surface area contributed by atoms with Crippen LogP contribution < -0.4 is 9.62 Å². The van der Waals surface area contributed by atoms with E-state index in [-0.39, 0.29) is 4.90 Å². The van der Waals surface area contributed by atoms with E-state index < -0.39 is 10.0 Å². The molecule has 0 unspecified atom stereocenters. The summed E-state index contributed by atoms with van der Waals surface area (Å²) in [6.45, 7) is 1.86. The zero-order chi connectivity index (χ0) is 15.6. The lowest BCUT2D eigenvalue weighted by atomic mass is 10.2. The molecule has 0 aromatic heterocycles. The van der Waals surface area contributed by atoms with Crippen molar-refractivity contribution in [3.05, 3.63) is 52.5 Å². The Morgan fingerprint density at radius 2 is 1.67 bits per heavy atom. The summed E-state index contributed by atoms with van der Waals surface area (Å²) in [6, 6.07) is 12.2. The molecule has 1 N–H and O–H groups in total. The second-order valence-electron chi connectivity index (χ2n) is 4.96. The number of sulfonamides is 1. The van der Waals surface area contributed by atoms with Crippen molar-refractivity contribution in [2.24, 2.45) is 0 Å². The van der Waals surface area contributed by atoms with Gasteiger partial charge in [-0.15, -0.1) is 0 Å². The highest BCUT2D eigenvalue weighted by Crippen LogP contribution is 2.23. The fourth-order valence-electron chi connectivity index (χ4n) is 1.83. The van der Waals surface area contributed by atoms with Crippen molar-refractivity contribution in [2.45, 2.75) is 11.8 Å². The Labute approximate surface area is 134 Å². The summed E-state index contributed by atoms with van der Waals surface area (Å²) in [5.74, 6) is 0. The molecule has 21 heavy (non-hydrogen) atoms. The molecular weight excluding hydrogens is 352 g/mol. The third-order valence-corrected chi connectivity index (χ3v) is 5.34. The Kier molecular flexibility index (Phi) is 4.58. The molecular formula is C15H17BrN2O2S. The first-order valence-electron chi connectivity index (χ1n) is 6.36. The van der Waals surface area contributed by atoms with Gasteiger partial charge < -0.3 is 4.90 Å². The Morgan fingerprint density at radius 3 is 2.19 bits per heavy atom. The molecule has 0 amide bonds. The van der Waals surface area contributed by atoms with E-state index in [1.807, 2.05) is 38.1 Å². The van der Waals surface area contributed by atoms with Crippen molar-refractivity contribution in [1.29, 1.82) is 0 Å². The average Bonchev–Trinajstić information content (AvgIpc) is 2.42. The number of nitrogens with zero attached hydrogens (tertiary/aromatic N) is 1. The van der Waals surface area contributed by atoms with Crippen molar-refractivity contribution in [1.82, 2.24) is 0 Å². The smallest absolute Gasteiger partial charge is 0.261 e. The molecule has 0 radical (unpaired) electrons. The number of halogens is 1. The molecule has 4 nitrogen and oxygen atoms in total. The number of rotatable bonds is 4. The van der Waals surface area contributed by atoms with Crippen LogP contribution in [0.5, 0.6) is 0 Å². The monoisotopic (exact) mass is 368 g/mol. The van der Waals surface area contributed by atoms with Crippen LogP contribution in [0.2, 0.25) is 0 Å². The van der Waals surface area contributed by atoms with Gasteiger partial charge in [-0.3, -0.25) is 4.72 Å². The van der Waals surface area contributed by atoms with Gasteiger partial charge >= 0.3 is 0 Å². The van der Waals surface area contributed by atoms with Crippen LogP contribution in [-0.2, 0) is 10.0 Å². The van der Waals surface area contributed by atoms with Gasteiger partial charge in [-0.25, -0.2) is 8.42 Å². The summed E-state index contributed by atoms with van der Waals surface area (Å²) in [5.41, 5.74) is 2.43. The Hall–Kier alpha value is -1.53. The molecule has 2 aromatic carbocycles. The summed E-state index contributed by atoms with van der Waals surface area (Å²) in [4.78, 5) is 2.20. The molecule has 0 saturated heterocycles. The van der Waals surface area contributed by atoms with Crippen LogP contribution in [0.1, 0.15) is 5.56 Å². The maximum atomic E-state index is 12.3. The fraction of sp³-hybridized carbons (Fsp3) is 0.200. The predicted octanol–water partition coefficient (Wildman–Crippen LogP) is 3.62. The summed E-state index contributed by atoms with van der Waals surface area (Å²) in [7, 11) is 0.298. The Balaban J connectivity index is 2.26. The van der Waals surface area contributed by atoms with Gasteiger partial charge in [-0.1, -0.05) is 15.9 Å². The van der Waals surface area contributed by atoms with Crippen molar-refractivity contribution < 1.29 is 8.42 Å². The van der Waals surface area contributed by atoms with Gasteiger partial charge in [0, 0.05) is 29.9 Å². The van der Waals surface area contributed by atoms with E-state index in [1.165, 1.54) is 0 Å². The molecule has 2 aromatic rings. The van der Waals surface area contributed by atoms with Gasteiger partial charge in [0.25, 0.3) is 10.0 Å².